The van der Waals surface area contributed by atoms with Gasteiger partial charge in [-0.1, -0.05) is 6.92 Å². The molecule has 2 rings (SSSR count). The van der Waals surface area contributed by atoms with Crippen LogP contribution in [0.15, 0.2) is 48.5 Å². The normalized spacial score (nSPS) is 8.08. The summed E-state index contributed by atoms with van der Waals surface area (Å²) in [5.41, 5.74) is 0.944. The van der Waals surface area contributed by atoms with Crippen LogP contribution in [0.25, 0.3) is 0 Å². The Bertz CT molecular complexity index is 262. The Morgan fingerprint density at radius 2 is 1.85 bits per heavy atom. The summed E-state index contributed by atoms with van der Waals surface area (Å²) in [5.74, 6) is 0.389. The number of rotatable bonds is 0. The van der Waals surface area contributed by atoms with Gasteiger partial charge in [0, 0.05) is 5.75 Å². The zero-order chi connectivity index (χ0) is 8.81. The quantitative estimate of drug-likeness (QED) is 0.530. The fourth-order valence-corrected chi connectivity index (χ4v) is 0.821. The average molecular weight is 216 g/mol. The first-order chi connectivity index (χ1) is 5.80. The molecule has 0 heterocycles. The van der Waals surface area contributed by atoms with Crippen LogP contribution in [0, 0.1) is 6.92 Å². The first-order valence-corrected chi connectivity index (χ1v) is 3.88. The molecule has 0 saturated heterocycles. The van der Waals surface area contributed by atoms with E-state index < -0.39 is 0 Å². The number of aromatic hydroxyl groups is 1. The molecule has 70 valence electrons. The molecule has 0 amide bonds. The molecule has 0 atom stereocenters. The molecule has 0 aliphatic heterocycles. The summed E-state index contributed by atoms with van der Waals surface area (Å²) in [7, 11) is 0. The van der Waals surface area contributed by atoms with E-state index in [9.17, 15) is 0 Å². The second-order valence-electron chi connectivity index (χ2n) is 2.56. The van der Waals surface area contributed by atoms with E-state index in [-0.39, 0.29) is 17.1 Å². The van der Waals surface area contributed by atoms with Crippen LogP contribution in [-0.2, 0) is 17.1 Å². The second-order valence-corrected chi connectivity index (χ2v) is 2.56. The number of hydrogen-bond donors (Lipinski definition) is 1. The monoisotopic (exact) mass is 216 g/mol. The van der Waals surface area contributed by atoms with Crippen LogP contribution in [0.5, 0.6) is 5.75 Å². The molecule has 0 radical (unpaired) electrons. The summed E-state index contributed by atoms with van der Waals surface area (Å²) in [6, 6.07) is 15.4. The molecule has 2 aromatic carbocycles. The minimum absolute atomic E-state index is 0. The van der Waals surface area contributed by atoms with Gasteiger partial charge >= 0.3 is 17.1 Å². The first kappa shape index (κ1) is 12.0. The van der Waals surface area contributed by atoms with Crippen molar-refractivity contribution in [2.24, 2.45) is 0 Å². The molecule has 2 aromatic rings. The van der Waals surface area contributed by atoms with Crippen LogP contribution >= 0.6 is 0 Å². The van der Waals surface area contributed by atoms with Crippen LogP contribution in [0.4, 0.5) is 0 Å². The minimum atomic E-state index is 0. The van der Waals surface area contributed by atoms with Gasteiger partial charge < -0.3 is 5.11 Å². The summed E-state index contributed by atoms with van der Waals surface area (Å²) in [5, 5.41) is 8.76. The Kier molecular flexibility index (Phi) is 6.03. The van der Waals surface area contributed by atoms with Gasteiger partial charge in [-0.15, -0.1) is 5.56 Å². The maximum Gasteiger partial charge on any atom is 2.00 e. The fourth-order valence-electron chi connectivity index (χ4n) is 0.821. The van der Waals surface area contributed by atoms with E-state index in [1.165, 1.54) is 0 Å². The first-order valence-electron chi connectivity index (χ1n) is 3.88. The maximum atomic E-state index is 8.76. The second kappa shape index (κ2) is 6.53. The van der Waals surface area contributed by atoms with E-state index in [1.54, 1.807) is 6.07 Å². The largest absolute Gasteiger partial charge is 2.00 e. The summed E-state index contributed by atoms with van der Waals surface area (Å²) < 4.78 is 0. The van der Waals surface area contributed by atoms with E-state index in [1.807, 2.05) is 49.4 Å². The van der Waals surface area contributed by atoms with Gasteiger partial charge in [-0.25, -0.2) is 18.2 Å². The molecule has 0 fully saturated rings. The van der Waals surface area contributed by atoms with Gasteiger partial charge in [-0.3, -0.25) is 0 Å². The molecule has 0 saturated carbocycles. The van der Waals surface area contributed by atoms with Gasteiger partial charge in [0.05, 0.1) is 0 Å². The zero-order valence-electron chi connectivity index (χ0n) is 7.42. The maximum absolute atomic E-state index is 8.76. The Labute approximate surface area is 89.2 Å². The Morgan fingerprint density at radius 3 is 2.00 bits per heavy atom. The van der Waals surface area contributed by atoms with Crippen molar-refractivity contribution in [1.29, 1.82) is 0 Å². The molecule has 0 aromatic heterocycles. The van der Waals surface area contributed by atoms with Crippen LogP contribution in [-0.4, -0.2) is 5.11 Å². The summed E-state index contributed by atoms with van der Waals surface area (Å²) in [6.45, 7) is 1.87. The van der Waals surface area contributed by atoms with Crippen LogP contribution in [0.2, 0.25) is 0 Å². The molecule has 1 N–H and O–H groups in total. The third-order valence-electron chi connectivity index (χ3n) is 1.56. The molecule has 1 nitrogen and oxygen atoms in total. The predicted molar refractivity (Wildman–Crippen MR) is 50.5 cm³/mol. The topological polar surface area (TPSA) is 20.2 Å². The van der Waals surface area contributed by atoms with E-state index in [0.717, 1.165) is 5.56 Å². The van der Waals surface area contributed by atoms with Crippen molar-refractivity contribution >= 4 is 0 Å². The molecule has 0 aliphatic rings. The zero-order valence-corrected chi connectivity index (χ0v) is 8.52. The van der Waals surface area contributed by atoms with E-state index >= 15 is 0 Å². The smallest absolute Gasteiger partial charge is 0.534 e. The van der Waals surface area contributed by atoms with Gasteiger partial charge in [0.1, 0.15) is 0 Å². The number of hydrogen-bond acceptors (Lipinski definition) is 1. The average Bonchev–Trinajstić information content (AvgIpc) is 2.67. The molecule has 13 heavy (non-hydrogen) atoms. The Hall–Kier alpha value is -0.981. The van der Waals surface area contributed by atoms with Crippen molar-refractivity contribution in [3.8, 4) is 5.75 Å². The minimum Gasteiger partial charge on any atom is -0.534 e. The van der Waals surface area contributed by atoms with Crippen molar-refractivity contribution in [2.45, 2.75) is 6.92 Å². The van der Waals surface area contributed by atoms with Gasteiger partial charge in [0.25, 0.3) is 0 Å². The van der Waals surface area contributed by atoms with Gasteiger partial charge in [-0.05, 0) is 0 Å². The van der Waals surface area contributed by atoms with Crippen molar-refractivity contribution in [3.05, 3.63) is 54.1 Å². The van der Waals surface area contributed by atoms with Crippen molar-refractivity contribution in [3.63, 3.8) is 0 Å². The van der Waals surface area contributed by atoms with Crippen molar-refractivity contribution in [2.75, 3.05) is 0 Å². The van der Waals surface area contributed by atoms with Crippen LogP contribution < -0.4 is 0 Å². The molecular weight excluding hydrogens is 204 g/mol. The van der Waals surface area contributed by atoms with E-state index in [0.29, 0.717) is 5.75 Å². The van der Waals surface area contributed by atoms with E-state index in [2.05, 4.69) is 0 Å². The number of aryl methyl sites for hydroxylation is 1. The van der Waals surface area contributed by atoms with Gasteiger partial charge in [-0.2, -0.15) is 30.3 Å². The summed E-state index contributed by atoms with van der Waals surface area (Å²) in [6.07, 6.45) is 0. The predicted octanol–water partition coefficient (Wildman–Crippen LogP) is 2.82. The third kappa shape index (κ3) is 4.56. The van der Waals surface area contributed by atoms with Gasteiger partial charge in [0.15, 0.2) is 0 Å². The molecule has 0 unspecified atom stereocenters. The van der Waals surface area contributed by atoms with Crippen molar-refractivity contribution in [1.82, 2.24) is 0 Å². The molecule has 0 bridgehead atoms. The van der Waals surface area contributed by atoms with Crippen LogP contribution in [0.1, 0.15) is 5.56 Å². The van der Waals surface area contributed by atoms with E-state index in [4.69, 9.17) is 5.11 Å². The molecule has 2 heteroatoms. The summed E-state index contributed by atoms with van der Waals surface area (Å²) in [4.78, 5) is 0. The Morgan fingerprint density at radius 1 is 1.23 bits per heavy atom. The van der Waals surface area contributed by atoms with Crippen molar-refractivity contribution < 1.29 is 22.2 Å². The summed E-state index contributed by atoms with van der Waals surface area (Å²) >= 11 is 0. The SMILES string of the molecule is C[c-]1cccc1O.[Fe+2].c1cc[cH-]c1. The van der Waals surface area contributed by atoms with Gasteiger partial charge in [0.2, 0.25) is 0 Å². The molecule has 0 aliphatic carbocycles. The van der Waals surface area contributed by atoms with Crippen LogP contribution in [0.3, 0.4) is 0 Å². The Balaban J connectivity index is 0.000000215. The molecular formula is C11H12FeO. The third-order valence-corrected chi connectivity index (χ3v) is 1.56. The fraction of sp³-hybridized carbons (Fsp3) is 0.0909. The molecule has 0 spiro atoms. The standard InChI is InChI=1S/C6H7O.C5H5.Fe/c1-5-3-2-4-6(5)7;1-2-4-5-3-1;/h2-4,7H,1H3;1-5H;/q2*-1;+2.